The van der Waals surface area contributed by atoms with Crippen LogP contribution in [0.3, 0.4) is 0 Å². The Kier molecular flexibility index (Phi) is 5.14. The summed E-state index contributed by atoms with van der Waals surface area (Å²) < 4.78 is 0. The molecule has 2 N–H and O–H groups in total. The van der Waals surface area contributed by atoms with Crippen molar-refractivity contribution in [3.8, 4) is 11.3 Å². The Hall–Kier alpha value is -3.48. The van der Waals surface area contributed by atoms with Crippen LogP contribution in [0.2, 0.25) is 0 Å². The zero-order chi connectivity index (χ0) is 19.3. The molecule has 142 valence electrons. The van der Waals surface area contributed by atoms with Gasteiger partial charge in [0.05, 0.1) is 11.7 Å². The second kappa shape index (κ2) is 8.04. The molecule has 0 radical (unpaired) electrons. The van der Waals surface area contributed by atoms with Crippen LogP contribution in [0.5, 0.6) is 0 Å². The van der Waals surface area contributed by atoms with E-state index >= 15 is 0 Å². The van der Waals surface area contributed by atoms with Gasteiger partial charge in [0.1, 0.15) is 5.69 Å². The first-order chi connectivity index (χ1) is 13.7. The Morgan fingerprint density at radius 2 is 1.96 bits per heavy atom. The molecule has 0 unspecified atom stereocenters. The number of nitrogens with one attached hydrogen (secondary N) is 2. The topological polar surface area (TPSA) is 91.0 Å². The second-order valence-corrected chi connectivity index (χ2v) is 6.85. The van der Waals surface area contributed by atoms with Crippen LogP contribution in [-0.4, -0.2) is 51.0 Å². The van der Waals surface area contributed by atoms with Crippen LogP contribution in [0.4, 0.5) is 0 Å². The SMILES string of the molecule is O=C(N[C@H]1CC(=O)N(CCc2ccccc2)C1)c1cc(-c2ccncc2)n[nH]1. The lowest BCUT2D eigenvalue weighted by molar-refractivity contribution is -0.127. The van der Waals surface area contributed by atoms with Crippen LogP contribution in [0.1, 0.15) is 22.5 Å². The fraction of sp³-hybridized carbons (Fsp3) is 0.238. The first kappa shape index (κ1) is 17.9. The summed E-state index contributed by atoms with van der Waals surface area (Å²) in [6.07, 6.45) is 4.49. The summed E-state index contributed by atoms with van der Waals surface area (Å²) in [6, 6.07) is 15.3. The standard InChI is InChI=1S/C21H21N5O2/c27-20-12-17(14-26(20)11-8-15-4-2-1-3-5-15)23-21(28)19-13-18(24-25-19)16-6-9-22-10-7-16/h1-7,9-10,13,17H,8,11-12,14H2,(H,23,28)(H,24,25)/t17-/m0/s1. The van der Waals surface area contributed by atoms with Gasteiger partial charge in [-0.25, -0.2) is 0 Å². The van der Waals surface area contributed by atoms with Crippen molar-refractivity contribution in [3.63, 3.8) is 0 Å². The molecule has 2 aromatic heterocycles. The van der Waals surface area contributed by atoms with Crippen molar-refractivity contribution in [3.05, 3.63) is 72.2 Å². The van der Waals surface area contributed by atoms with Crippen LogP contribution < -0.4 is 5.32 Å². The lowest BCUT2D eigenvalue weighted by Gasteiger charge is -2.17. The number of H-pyrrole nitrogens is 1. The molecule has 1 aromatic carbocycles. The molecule has 1 aliphatic rings. The van der Waals surface area contributed by atoms with E-state index in [9.17, 15) is 9.59 Å². The number of benzene rings is 1. The predicted octanol–water partition coefficient (Wildman–Crippen LogP) is 2.05. The van der Waals surface area contributed by atoms with Crippen molar-refractivity contribution in [2.45, 2.75) is 18.9 Å². The smallest absolute Gasteiger partial charge is 0.269 e. The summed E-state index contributed by atoms with van der Waals surface area (Å²) in [5.74, 6) is -0.182. The molecule has 0 bridgehead atoms. The molecule has 1 aliphatic heterocycles. The van der Waals surface area contributed by atoms with Gasteiger partial charge in [-0.3, -0.25) is 19.7 Å². The molecule has 0 spiro atoms. The predicted molar refractivity (Wildman–Crippen MR) is 104 cm³/mol. The van der Waals surface area contributed by atoms with Crippen molar-refractivity contribution >= 4 is 11.8 Å². The van der Waals surface area contributed by atoms with E-state index in [4.69, 9.17) is 0 Å². The minimum absolute atomic E-state index is 0.0725. The van der Waals surface area contributed by atoms with Crippen molar-refractivity contribution in [2.75, 3.05) is 13.1 Å². The normalized spacial score (nSPS) is 16.4. The molecule has 1 saturated heterocycles. The molecule has 1 atom stereocenters. The number of aromatic nitrogens is 3. The lowest BCUT2D eigenvalue weighted by atomic mass is 10.1. The molecule has 4 rings (SSSR count). The average Bonchev–Trinajstić information content (AvgIpc) is 3.35. The number of aromatic amines is 1. The van der Waals surface area contributed by atoms with Crippen LogP contribution in [-0.2, 0) is 11.2 Å². The van der Waals surface area contributed by atoms with Gasteiger partial charge in [-0.2, -0.15) is 5.10 Å². The number of amides is 2. The van der Waals surface area contributed by atoms with Gasteiger partial charge in [0.2, 0.25) is 5.91 Å². The first-order valence-corrected chi connectivity index (χ1v) is 9.27. The number of hydrogen-bond acceptors (Lipinski definition) is 4. The van der Waals surface area contributed by atoms with Gasteiger partial charge >= 0.3 is 0 Å². The lowest BCUT2D eigenvalue weighted by Crippen LogP contribution is -2.37. The quantitative estimate of drug-likeness (QED) is 0.690. The number of rotatable bonds is 6. The summed E-state index contributed by atoms with van der Waals surface area (Å²) >= 11 is 0. The highest BCUT2D eigenvalue weighted by atomic mass is 16.2. The molecule has 3 aromatic rings. The summed E-state index contributed by atoms with van der Waals surface area (Å²) in [5.41, 5.74) is 3.14. The van der Waals surface area contributed by atoms with E-state index < -0.39 is 0 Å². The van der Waals surface area contributed by atoms with E-state index in [1.54, 1.807) is 18.5 Å². The number of likely N-dealkylation sites (tertiary alicyclic amines) is 1. The molecule has 2 amide bonds. The summed E-state index contributed by atoms with van der Waals surface area (Å²) in [6.45, 7) is 1.19. The molecule has 28 heavy (non-hydrogen) atoms. The molecule has 0 saturated carbocycles. The Balaban J connectivity index is 1.33. The highest BCUT2D eigenvalue weighted by molar-refractivity contribution is 5.94. The number of hydrogen-bond donors (Lipinski definition) is 2. The van der Waals surface area contributed by atoms with Crippen molar-refractivity contribution in [1.29, 1.82) is 0 Å². The maximum atomic E-state index is 12.5. The van der Waals surface area contributed by atoms with Crippen LogP contribution >= 0.6 is 0 Å². The van der Waals surface area contributed by atoms with Gasteiger partial charge in [0.25, 0.3) is 5.91 Å². The Labute approximate surface area is 162 Å². The van der Waals surface area contributed by atoms with E-state index in [2.05, 4.69) is 32.6 Å². The number of carbonyl (C=O) groups excluding carboxylic acids is 2. The number of nitrogens with zero attached hydrogens (tertiary/aromatic N) is 3. The second-order valence-electron chi connectivity index (χ2n) is 6.85. The van der Waals surface area contributed by atoms with E-state index in [-0.39, 0.29) is 17.9 Å². The minimum atomic E-state index is -0.254. The number of pyridine rings is 1. The largest absolute Gasteiger partial charge is 0.346 e. The number of carbonyl (C=O) groups is 2. The van der Waals surface area contributed by atoms with Crippen molar-refractivity contribution in [1.82, 2.24) is 25.4 Å². The highest BCUT2D eigenvalue weighted by Gasteiger charge is 2.30. The molecule has 0 aliphatic carbocycles. The third-order valence-electron chi connectivity index (χ3n) is 4.86. The summed E-state index contributed by atoms with van der Waals surface area (Å²) in [7, 11) is 0. The monoisotopic (exact) mass is 375 g/mol. The van der Waals surface area contributed by atoms with Crippen LogP contribution in [0, 0.1) is 0 Å². The van der Waals surface area contributed by atoms with E-state index in [0.717, 1.165) is 12.0 Å². The molecule has 7 heteroatoms. The van der Waals surface area contributed by atoms with Gasteiger partial charge in [-0.05, 0) is 30.2 Å². The molecule has 7 nitrogen and oxygen atoms in total. The maximum Gasteiger partial charge on any atom is 0.269 e. The minimum Gasteiger partial charge on any atom is -0.346 e. The fourth-order valence-electron chi connectivity index (χ4n) is 3.37. The molecule has 3 heterocycles. The van der Waals surface area contributed by atoms with E-state index in [0.29, 0.717) is 30.9 Å². The Morgan fingerprint density at radius 1 is 1.18 bits per heavy atom. The summed E-state index contributed by atoms with van der Waals surface area (Å²) in [4.78, 5) is 30.6. The van der Waals surface area contributed by atoms with E-state index in [1.807, 2.05) is 35.2 Å². The Bertz CT molecular complexity index is 955. The average molecular weight is 375 g/mol. The third kappa shape index (κ3) is 4.09. The fourth-order valence-corrected chi connectivity index (χ4v) is 3.37. The zero-order valence-corrected chi connectivity index (χ0v) is 15.3. The van der Waals surface area contributed by atoms with Crippen LogP contribution in [0.25, 0.3) is 11.3 Å². The molecule has 1 fully saturated rings. The van der Waals surface area contributed by atoms with Crippen molar-refractivity contribution in [2.24, 2.45) is 0 Å². The highest BCUT2D eigenvalue weighted by Crippen LogP contribution is 2.17. The van der Waals surface area contributed by atoms with Gasteiger partial charge in [-0.15, -0.1) is 0 Å². The maximum absolute atomic E-state index is 12.5. The third-order valence-corrected chi connectivity index (χ3v) is 4.86. The van der Waals surface area contributed by atoms with E-state index in [1.165, 1.54) is 5.56 Å². The zero-order valence-electron chi connectivity index (χ0n) is 15.3. The molecular weight excluding hydrogens is 354 g/mol. The van der Waals surface area contributed by atoms with Crippen molar-refractivity contribution < 1.29 is 9.59 Å². The summed E-state index contributed by atoms with van der Waals surface area (Å²) in [5, 5.41) is 9.88. The molecular formula is C21H21N5O2. The van der Waals surface area contributed by atoms with Gasteiger partial charge in [0.15, 0.2) is 0 Å². The Morgan fingerprint density at radius 3 is 2.75 bits per heavy atom. The van der Waals surface area contributed by atoms with Gasteiger partial charge < -0.3 is 10.2 Å². The van der Waals surface area contributed by atoms with Gasteiger partial charge in [-0.1, -0.05) is 30.3 Å². The van der Waals surface area contributed by atoms with Crippen LogP contribution in [0.15, 0.2) is 60.9 Å². The van der Waals surface area contributed by atoms with Gasteiger partial charge in [0, 0.05) is 37.5 Å². The first-order valence-electron chi connectivity index (χ1n) is 9.27.